The number of halogens is 3. The van der Waals surface area contributed by atoms with Gasteiger partial charge in [-0.1, -0.05) is 36.4 Å². The van der Waals surface area contributed by atoms with Gasteiger partial charge in [0.1, 0.15) is 17.3 Å². The Hall–Kier alpha value is -3.34. The highest BCUT2D eigenvalue weighted by atomic mass is 32.2. The number of carbonyl (C=O) groups excluding carboxylic acids is 1. The van der Waals surface area contributed by atoms with Gasteiger partial charge in [0.25, 0.3) is 5.91 Å². The average molecular weight is 479 g/mol. The van der Waals surface area contributed by atoms with E-state index in [4.69, 9.17) is 0 Å². The number of alkyl halides is 3. The topological polar surface area (TPSA) is 92.4 Å². The number of nitrogens with zero attached hydrogens (tertiary/aromatic N) is 2. The first-order valence-electron chi connectivity index (χ1n) is 10.1. The lowest BCUT2D eigenvalue weighted by Crippen LogP contribution is -2.42. The SMILES string of the molecule is O=C(c1cnc(-c2ccccc2)[nH]1)N1CCC(S(=O)(=O)c2cccc(OC(F)(F)F)c2)CC1. The summed E-state index contributed by atoms with van der Waals surface area (Å²) in [6.07, 6.45) is -3.14. The van der Waals surface area contributed by atoms with Crippen LogP contribution in [0.25, 0.3) is 11.4 Å². The molecule has 0 aliphatic carbocycles. The Labute approximate surface area is 188 Å². The first-order chi connectivity index (χ1) is 15.6. The normalized spacial score (nSPS) is 15.4. The first-order valence-corrected chi connectivity index (χ1v) is 11.7. The summed E-state index contributed by atoms with van der Waals surface area (Å²) in [5.74, 6) is -0.330. The summed E-state index contributed by atoms with van der Waals surface area (Å²) in [6, 6.07) is 13.7. The molecule has 0 saturated carbocycles. The second-order valence-corrected chi connectivity index (χ2v) is 9.80. The number of H-pyrrole nitrogens is 1. The number of nitrogens with one attached hydrogen (secondary N) is 1. The summed E-state index contributed by atoms with van der Waals surface area (Å²) in [6.45, 7) is 0.391. The van der Waals surface area contributed by atoms with E-state index in [0.717, 1.165) is 17.7 Å². The number of aromatic amines is 1. The molecule has 3 aromatic rings. The maximum Gasteiger partial charge on any atom is 0.573 e. The number of amides is 1. The van der Waals surface area contributed by atoms with Gasteiger partial charge < -0.3 is 14.6 Å². The van der Waals surface area contributed by atoms with Crippen LogP contribution in [-0.2, 0) is 9.84 Å². The van der Waals surface area contributed by atoms with Gasteiger partial charge in [0.15, 0.2) is 9.84 Å². The van der Waals surface area contributed by atoms with E-state index in [1.807, 2.05) is 30.3 Å². The molecule has 2 heterocycles. The molecule has 0 radical (unpaired) electrons. The highest BCUT2D eigenvalue weighted by molar-refractivity contribution is 7.92. The van der Waals surface area contributed by atoms with Crippen molar-refractivity contribution in [2.45, 2.75) is 29.3 Å². The molecule has 1 aliphatic rings. The van der Waals surface area contributed by atoms with E-state index in [2.05, 4.69) is 14.7 Å². The number of ether oxygens (including phenoxy) is 1. The molecule has 11 heteroatoms. The Bertz CT molecular complexity index is 1240. The molecule has 1 saturated heterocycles. The molecule has 0 spiro atoms. The summed E-state index contributed by atoms with van der Waals surface area (Å²) in [7, 11) is -3.89. The van der Waals surface area contributed by atoms with Crippen LogP contribution in [0.1, 0.15) is 23.3 Å². The molecule has 0 unspecified atom stereocenters. The maximum atomic E-state index is 13.0. The van der Waals surface area contributed by atoms with E-state index in [-0.39, 0.29) is 36.7 Å². The summed E-state index contributed by atoms with van der Waals surface area (Å²) in [4.78, 5) is 21.4. The van der Waals surface area contributed by atoms with Gasteiger partial charge in [0, 0.05) is 18.7 Å². The fraction of sp³-hybridized carbons (Fsp3) is 0.273. The van der Waals surface area contributed by atoms with Crippen LogP contribution in [-0.4, -0.2) is 53.9 Å². The minimum Gasteiger partial charge on any atom is -0.406 e. The van der Waals surface area contributed by atoms with Crippen LogP contribution in [0.4, 0.5) is 13.2 Å². The molecule has 2 aromatic carbocycles. The van der Waals surface area contributed by atoms with Crippen molar-refractivity contribution in [3.63, 3.8) is 0 Å². The van der Waals surface area contributed by atoms with Crippen molar-refractivity contribution in [2.75, 3.05) is 13.1 Å². The van der Waals surface area contributed by atoms with Crippen molar-refractivity contribution in [2.24, 2.45) is 0 Å². The van der Waals surface area contributed by atoms with Crippen molar-refractivity contribution < 1.29 is 31.1 Å². The van der Waals surface area contributed by atoms with E-state index < -0.39 is 27.2 Å². The van der Waals surface area contributed by atoms with E-state index in [1.54, 1.807) is 0 Å². The highest BCUT2D eigenvalue weighted by Crippen LogP contribution is 2.29. The number of piperidine rings is 1. The number of aromatic nitrogens is 2. The molecule has 33 heavy (non-hydrogen) atoms. The Kier molecular flexibility index (Phi) is 6.15. The Morgan fingerprint density at radius 3 is 2.42 bits per heavy atom. The predicted molar refractivity (Wildman–Crippen MR) is 113 cm³/mol. The molecule has 1 fully saturated rings. The molecule has 0 bridgehead atoms. The van der Waals surface area contributed by atoms with Crippen LogP contribution in [0.15, 0.2) is 65.7 Å². The Morgan fingerprint density at radius 1 is 1.06 bits per heavy atom. The highest BCUT2D eigenvalue weighted by Gasteiger charge is 2.35. The molecule has 1 aliphatic heterocycles. The number of hydrogen-bond donors (Lipinski definition) is 1. The van der Waals surface area contributed by atoms with Crippen molar-refractivity contribution in [1.29, 1.82) is 0 Å². The van der Waals surface area contributed by atoms with E-state index in [0.29, 0.717) is 11.5 Å². The first kappa shape index (κ1) is 22.8. The summed E-state index contributed by atoms with van der Waals surface area (Å²) >= 11 is 0. The number of imidazole rings is 1. The van der Waals surface area contributed by atoms with E-state index in [9.17, 15) is 26.4 Å². The van der Waals surface area contributed by atoms with E-state index >= 15 is 0 Å². The third kappa shape index (κ3) is 5.19. The molecule has 1 aromatic heterocycles. The van der Waals surface area contributed by atoms with Gasteiger partial charge in [-0.3, -0.25) is 4.79 Å². The number of rotatable bonds is 5. The Balaban J connectivity index is 1.42. The fourth-order valence-corrected chi connectivity index (χ4v) is 5.52. The van der Waals surface area contributed by atoms with Crippen LogP contribution in [0, 0.1) is 0 Å². The zero-order valence-electron chi connectivity index (χ0n) is 17.2. The van der Waals surface area contributed by atoms with E-state index in [1.165, 1.54) is 23.2 Å². The molecule has 1 N–H and O–H groups in total. The van der Waals surface area contributed by atoms with Gasteiger partial charge >= 0.3 is 6.36 Å². The lowest BCUT2D eigenvalue weighted by molar-refractivity contribution is -0.274. The smallest absolute Gasteiger partial charge is 0.406 e. The van der Waals surface area contributed by atoms with Crippen LogP contribution in [0.2, 0.25) is 0 Å². The van der Waals surface area contributed by atoms with Crippen molar-refractivity contribution >= 4 is 15.7 Å². The zero-order chi connectivity index (χ0) is 23.6. The maximum absolute atomic E-state index is 13.0. The van der Waals surface area contributed by atoms with Gasteiger partial charge in [-0.05, 0) is 31.0 Å². The molecule has 4 rings (SSSR count). The van der Waals surface area contributed by atoms with Crippen LogP contribution in [0.5, 0.6) is 5.75 Å². The molecule has 7 nitrogen and oxygen atoms in total. The largest absolute Gasteiger partial charge is 0.573 e. The average Bonchev–Trinajstić information content (AvgIpc) is 3.29. The fourth-order valence-electron chi connectivity index (χ4n) is 3.75. The van der Waals surface area contributed by atoms with Gasteiger partial charge in [-0.25, -0.2) is 13.4 Å². The second kappa shape index (κ2) is 8.89. The molecular formula is C22H20F3N3O4S. The monoisotopic (exact) mass is 479 g/mol. The third-order valence-corrected chi connectivity index (χ3v) is 7.65. The van der Waals surface area contributed by atoms with Crippen molar-refractivity contribution in [3.8, 4) is 17.1 Å². The number of benzene rings is 2. The zero-order valence-corrected chi connectivity index (χ0v) is 18.1. The molecular weight excluding hydrogens is 459 g/mol. The van der Waals surface area contributed by atoms with Crippen molar-refractivity contribution in [3.05, 3.63) is 66.5 Å². The van der Waals surface area contributed by atoms with Gasteiger partial charge in [-0.15, -0.1) is 13.2 Å². The summed E-state index contributed by atoms with van der Waals surface area (Å²) < 4.78 is 67.1. The Morgan fingerprint density at radius 2 is 1.76 bits per heavy atom. The summed E-state index contributed by atoms with van der Waals surface area (Å²) in [5, 5.41) is -0.815. The summed E-state index contributed by atoms with van der Waals surface area (Å²) in [5.41, 5.74) is 1.13. The molecule has 174 valence electrons. The third-order valence-electron chi connectivity index (χ3n) is 5.39. The molecule has 0 atom stereocenters. The number of sulfone groups is 1. The quantitative estimate of drug-likeness (QED) is 0.596. The van der Waals surface area contributed by atoms with Gasteiger partial charge in [0.05, 0.1) is 16.3 Å². The van der Waals surface area contributed by atoms with Gasteiger partial charge in [-0.2, -0.15) is 0 Å². The lowest BCUT2D eigenvalue weighted by Gasteiger charge is -2.31. The van der Waals surface area contributed by atoms with Gasteiger partial charge in [0.2, 0.25) is 0 Å². The lowest BCUT2D eigenvalue weighted by atomic mass is 10.1. The second-order valence-electron chi connectivity index (χ2n) is 7.57. The van der Waals surface area contributed by atoms with Crippen LogP contribution < -0.4 is 4.74 Å². The predicted octanol–water partition coefficient (Wildman–Crippen LogP) is 4.05. The number of carbonyl (C=O) groups is 1. The molecule has 1 amide bonds. The van der Waals surface area contributed by atoms with Crippen LogP contribution >= 0.6 is 0 Å². The number of likely N-dealkylation sites (tertiary alicyclic amines) is 1. The van der Waals surface area contributed by atoms with Crippen LogP contribution in [0.3, 0.4) is 0 Å². The minimum atomic E-state index is -4.92. The minimum absolute atomic E-state index is 0.165. The number of hydrogen-bond acceptors (Lipinski definition) is 5. The van der Waals surface area contributed by atoms with Crippen molar-refractivity contribution in [1.82, 2.24) is 14.9 Å². The standard InChI is InChI=1S/C22H20F3N3O4S/c23-22(24,25)32-16-7-4-8-18(13-16)33(30,31)17-9-11-28(12-10-17)21(29)19-14-26-20(27-19)15-5-2-1-3-6-15/h1-8,13-14,17H,9-12H2,(H,26,27).